The van der Waals surface area contributed by atoms with Gasteiger partial charge in [-0.15, -0.1) is 10.2 Å². The fourth-order valence-corrected chi connectivity index (χ4v) is 1.38. The van der Waals surface area contributed by atoms with E-state index in [-0.39, 0.29) is 11.8 Å². The van der Waals surface area contributed by atoms with E-state index in [2.05, 4.69) is 15.2 Å². The summed E-state index contributed by atoms with van der Waals surface area (Å²) in [6.07, 6.45) is 0. The Morgan fingerprint density at radius 1 is 1.13 bits per heavy atom. The van der Waals surface area contributed by atoms with E-state index in [1.807, 2.05) is 6.07 Å². The Balaban J connectivity index is 2.54. The molecule has 0 amide bonds. The molecule has 2 rings (SSSR count). The Morgan fingerprint density at radius 2 is 1.93 bits per heavy atom. The highest BCUT2D eigenvalue weighted by Crippen LogP contribution is 2.23. The molecule has 0 spiro atoms. The topological polar surface area (TPSA) is 90.7 Å². The first-order valence-electron chi connectivity index (χ1n) is 4.18. The van der Waals surface area contributed by atoms with Crippen LogP contribution in [0.3, 0.4) is 0 Å². The standard InChI is InChI=1S/C9H8ClN5/c10-6-3-1-2-5(4-6)7-8(11)13-9(12)15-14-7/h1-4H,(H4,11,12,13,15). The van der Waals surface area contributed by atoms with E-state index >= 15 is 0 Å². The van der Waals surface area contributed by atoms with Crippen molar-refractivity contribution in [3.05, 3.63) is 29.3 Å². The molecule has 0 unspecified atom stereocenters. The van der Waals surface area contributed by atoms with Crippen molar-refractivity contribution in [3.8, 4) is 11.3 Å². The minimum Gasteiger partial charge on any atom is -0.382 e. The molecule has 6 heteroatoms. The first-order valence-corrected chi connectivity index (χ1v) is 4.56. The average Bonchev–Trinajstić information content (AvgIpc) is 2.17. The quantitative estimate of drug-likeness (QED) is 0.759. The summed E-state index contributed by atoms with van der Waals surface area (Å²) in [6.45, 7) is 0. The summed E-state index contributed by atoms with van der Waals surface area (Å²) in [5.74, 6) is 0.294. The van der Waals surface area contributed by atoms with Crippen molar-refractivity contribution in [3.63, 3.8) is 0 Å². The summed E-state index contributed by atoms with van der Waals surface area (Å²) in [6, 6.07) is 7.12. The molecule has 15 heavy (non-hydrogen) atoms. The molecule has 0 saturated heterocycles. The highest BCUT2D eigenvalue weighted by Gasteiger charge is 2.07. The zero-order valence-corrected chi connectivity index (χ0v) is 8.44. The number of benzene rings is 1. The van der Waals surface area contributed by atoms with Gasteiger partial charge in [-0.25, -0.2) is 0 Å². The smallest absolute Gasteiger partial charge is 0.242 e. The van der Waals surface area contributed by atoms with Crippen LogP contribution in [0.5, 0.6) is 0 Å². The van der Waals surface area contributed by atoms with Gasteiger partial charge in [-0.1, -0.05) is 23.7 Å². The fourth-order valence-electron chi connectivity index (χ4n) is 1.19. The highest BCUT2D eigenvalue weighted by atomic mass is 35.5. The minimum absolute atomic E-state index is 0.0540. The van der Waals surface area contributed by atoms with Crippen LogP contribution in [0.4, 0.5) is 11.8 Å². The van der Waals surface area contributed by atoms with Gasteiger partial charge in [0.1, 0.15) is 5.69 Å². The van der Waals surface area contributed by atoms with Crippen molar-refractivity contribution in [2.75, 3.05) is 11.5 Å². The van der Waals surface area contributed by atoms with Crippen LogP contribution in [-0.2, 0) is 0 Å². The van der Waals surface area contributed by atoms with E-state index in [1.54, 1.807) is 18.2 Å². The highest BCUT2D eigenvalue weighted by molar-refractivity contribution is 6.30. The van der Waals surface area contributed by atoms with Crippen LogP contribution < -0.4 is 11.5 Å². The number of rotatable bonds is 1. The molecule has 5 nitrogen and oxygen atoms in total. The lowest BCUT2D eigenvalue weighted by Crippen LogP contribution is -2.04. The number of aromatic nitrogens is 3. The van der Waals surface area contributed by atoms with Crippen molar-refractivity contribution in [2.45, 2.75) is 0 Å². The Kier molecular flexibility index (Phi) is 2.39. The van der Waals surface area contributed by atoms with E-state index in [0.29, 0.717) is 10.7 Å². The normalized spacial score (nSPS) is 10.2. The number of nitrogen functional groups attached to an aromatic ring is 2. The second-order valence-electron chi connectivity index (χ2n) is 2.91. The van der Waals surface area contributed by atoms with Crippen LogP contribution in [0.25, 0.3) is 11.3 Å². The van der Waals surface area contributed by atoms with Crippen molar-refractivity contribution >= 4 is 23.4 Å². The van der Waals surface area contributed by atoms with Gasteiger partial charge in [0.05, 0.1) is 0 Å². The molecule has 2 aromatic rings. The third-order valence-electron chi connectivity index (χ3n) is 1.83. The van der Waals surface area contributed by atoms with Gasteiger partial charge in [0.25, 0.3) is 0 Å². The van der Waals surface area contributed by atoms with Gasteiger partial charge < -0.3 is 11.5 Å². The number of nitrogens with two attached hydrogens (primary N) is 2. The molecule has 76 valence electrons. The van der Waals surface area contributed by atoms with Crippen LogP contribution in [0.2, 0.25) is 5.02 Å². The van der Waals surface area contributed by atoms with Crippen LogP contribution in [0.1, 0.15) is 0 Å². The molecular formula is C9H8ClN5. The molecule has 0 aliphatic heterocycles. The number of hydrogen-bond acceptors (Lipinski definition) is 5. The lowest BCUT2D eigenvalue weighted by Gasteiger charge is -2.03. The van der Waals surface area contributed by atoms with Crippen molar-refractivity contribution < 1.29 is 0 Å². The Hall–Kier alpha value is -1.88. The van der Waals surface area contributed by atoms with Crippen molar-refractivity contribution in [1.82, 2.24) is 15.2 Å². The van der Waals surface area contributed by atoms with Gasteiger partial charge in [0.2, 0.25) is 5.95 Å². The lowest BCUT2D eigenvalue weighted by molar-refractivity contribution is 1.000. The predicted octanol–water partition coefficient (Wildman–Crippen LogP) is 1.36. The van der Waals surface area contributed by atoms with Gasteiger partial charge in [-0.2, -0.15) is 4.98 Å². The lowest BCUT2D eigenvalue weighted by atomic mass is 10.1. The molecule has 1 aromatic heterocycles. The monoisotopic (exact) mass is 221 g/mol. The SMILES string of the molecule is Nc1nnc(-c2cccc(Cl)c2)c(N)n1. The zero-order valence-electron chi connectivity index (χ0n) is 7.68. The average molecular weight is 222 g/mol. The summed E-state index contributed by atoms with van der Waals surface area (Å²) in [7, 11) is 0. The summed E-state index contributed by atoms with van der Waals surface area (Å²) >= 11 is 5.84. The molecule has 1 heterocycles. The van der Waals surface area contributed by atoms with E-state index in [1.165, 1.54) is 0 Å². The summed E-state index contributed by atoms with van der Waals surface area (Å²) < 4.78 is 0. The number of halogens is 1. The molecule has 0 aliphatic carbocycles. The van der Waals surface area contributed by atoms with E-state index < -0.39 is 0 Å². The maximum Gasteiger partial charge on any atom is 0.242 e. The van der Waals surface area contributed by atoms with E-state index in [0.717, 1.165) is 5.56 Å². The van der Waals surface area contributed by atoms with Gasteiger partial charge >= 0.3 is 0 Å². The number of hydrogen-bond donors (Lipinski definition) is 2. The van der Waals surface area contributed by atoms with Crippen LogP contribution in [0, 0.1) is 0 Å². The third kappa shape index (κ3) is 1.97. The maximum atomic E-state index is 5.84. The molecule has 0 bridgehead atoms. The molecule has 0 radical (unpaired) electrons. The molecule has 4 N–H and O–H groups in total. The van der Waals surface area contributed by atoms with Gasteiger partial charge in [-0.05, 0) is 12.1 Å². The maximum absolute atomic E-state index is 5.84. The molecule has 0 atom stereocenters. The van der Waals surface area contributed by atoms with E-state index in [9.17, 15) is 0 Å². The molecule has 0 saturated carbocycles. The number of nitrogens with zero attached hydrogens (tertiary/aromatic N) is 3. The van der Waals surface area contributed by atoms with Crippen LogP contribution in [-0.4, -0.2) is 15.2 Å². The zero-order chi connectivity index (χ0) is 10.8. The Bertz CT molecular complexity index is 500. The van der Waals surface area contributed by atoms with Crippen molar-refractivity contribution in [2.24, 2.45) is 0 Å². The molecule has 0 aliphatic rings. The minimum atomic E-state index is 0.0540. The largest absolute Gasteiger partial charge is 0.382 e. The summed E-state index contributed by atoms with van der Waals surface area (Å²) in [5, 5.41) is 8.11. The van der Waals surface area contributed by atoms with Gasteiger partial charge in [0, 0.05) is 10.6 Å². The Morgan fingerprint density at radius 3 is 2.60 bits per heavy atom. The first kappa shape index (κ1) is 9.67. The second-order valence-corrected chi connectivity index (χ2v) is 3.35. The fraction of sp³-hybridized carbons (Fsp3) is 0. The molecule has 0 fully saturated rings. The summed E-state index contributed by atoms with van der Waals surface area (Å²) in [5.41, 5.74) is 12.3. The van der Waals surface area contributed by atoms with Crippen LogP contribution in [0.15, 0.2) is 24.3 Å². The van der Waals surface area contributed by atoms with Gasteiger partial charge in [-0.3, -0.25) is 0 Å². The van der Waals surface area contributed by atoms with Crippen LogP contribution >= 0.6 is 11.6 Å². The molecule has 1 aromatic carbocycles. The second kappa shape index (κ2) is 3.70. The van der Waals surface area contributed by atoms with E-state index in [4.69, 9.17) is 23.1 Å². The Labute approximate surface area is 91.1 Å². The third-order valence-corrected chi connectivity index (χ3v) is 2.06. The molecular weight excluding hydrogens is 214 g/mol. The first-order chi connectivity index (χ1) is 7.16. The predicted molar refractivity (Wildman–Crippen MR) is 59.1 cm³/mol. The number of anilines is 2. The van der Waals surface area contributed by atoms with Crippen molar-refractivity contribution in [1.29, 1.82) is 0 Å². The van der Waals surface area contributed by atoms with Gasteiger partial charge in [0.15, 0.2) is 5.82 Å². The summed E-state index contributed by atoms with van der Waals surface area (Å²) in [4.78, 5) is 3.82.